The van der Waals surface area contributed by atoms with Crippen molar-refractivity contribution in [3.8, 4) is 0 Å². The molecule has 2 fully saturated rings. The third-order valence-corrected chi connectivity index (χ3v) is 3.81. The number of ether oxygens (including phenoxy) is 2. The van der Waals surface area contributed by atoms with Gasteiger partial charge >= 0.3 is 15.6 Å². The third kappa shape index (κ3) is 2.55. The average molecular weight is 319 g/mol. The van der Waals surface area contributed by atoms with Crippen LogP contribution in [0, 0.1) is 0 Å². The van der Waals surface area contributed by atoms with E-state index in [9.17, 15) is 26.7 Å². The third-order valence-electron chi connectivity index (χ3n) is 2.77. The predicted octanol–water partition coefficient (Wildman–Crippen LogP) is 0.0161. The zero-order chi connectivity index (χ0) is 15.1. The SMILES string of the molecule is [N-]=[N+]=N[C@H]1[C@H]2OC[C@@H](O2)[C@H](OS(=O)(=O)C(F)(F)F)[C@@H]1O. The Morgan fingerprint density at radius 2 is 2.10 bits per heavy atom. The van der Waals surface area contributed by atoms with E-state index in [0.717, 1.165) is 0 Å². The standard InChI is InChI=1S/C7H8F3N3O6S/c8-7(9,10)20(15,16)19-5-2-1-17-6(18-2)3(4(5)14)12-13-11/h2-6,14H,1H2/t2-,3-,4-,5+,6+/m1/s1. The zero-order valence-corrected chi connectivity index (χ0v) is 10.3. The summed E-state index contributed by atoms with van der Waals surface area (Å²) in [6, 6.07) is -1.41. The van der Waals surface area contributed by atoms with E-state index in [2.05, 4.69) is 14.2 Å². The number of rotatable bonds is 3. The minimum atomic E-state index is -5.92. The van der Waals surface area contributed by atoms with Crippen LogP contribution in [0.1, 0.15) is 0 Å². The molecule has 2 saturated heterocycles. The van der Waals surface area contributed by atoms with Crippen LogP contribution >= 0.6 is 0 Å². The zero-order valence-electron chi connectivity index (χ0n) is 9.47. The topological polar surface area (TPSA) is 131 Å². The fraction of sp³-hybridized carbons (Fsp3) is 1.00. The number of nitrogens with zero attached hydrogens (tertiary/aromatic N) is 3. The summed E-state index contributed by atoms with van der Waals surface area (Å²) >= 11 is 0. The fourth-order valence-electron chi connectivity index (χ4n) is 1.87. The number of aliphatic hydroxyl groups excluding tert-OH is 1. The molecule has 114 valence electrons. The number of azide groups is 1. The van der Waals surface area contributed by atoms with Crippen molar-refractivity contribution >= 4 is 10.1 Å². The molecule has 0 aromatic carbocycles. The lowest BCUT2D eigenvalue weighted by Gasteiger charge is -2.35. The van der Waals surface area contributed by atoms with Gasteiger partial charge in [0.15, 0.2) is 6.29 Å². The first-order chi connectivity index (χ1) is 9.17. The van der Waals surface area contributed by atoms with Crippen molar-refractivity contribution in [2.75, 3.05) is 6.61 Å². The maximum absolute atomic E-state index is 12.3. The van der Waals surface area contributed by atoms with Gasteiger partial charge in [-0.2, -0.15) is 21.6 Å². The van der Waals surface area contributed by atoms with Gasteiger partial charge in [-0.25, -0.2) is 0 Å². The maximum atomic E-state index is 12.3. The van der Waals surface area contributed by atoms with Crippen molar-refractivity contribution in [1.29, 1.82) is 0 Å². The molecule has 0 spiro atoms. The van der Waals surface area contributed by atoms with Crippen LogP contribution in [0.2, 0.25) is 0 Å². The molecule has 5 atom stereocenters. The molecular weight excluding hydrogens is 311 g/mol. The first-order valence-corrected chi connectivity index (χ1v) is 6.57. The summed E-state index contributed by atoms with van der Waals surface area (Å²) in [6.45, 7) is -0.294. The Morgan fingerprint density at radius 1 is 1.45 bits per heavy atom. The summed E-state index contributed by atoms with van der Waals surface area (Å²) in [5, 5.41) is 12.9. The summed E-state index contributed by atoms with van der Waals surface area (Å²) in [6.07, 6.45) is -6.05. The van der Waals surface area contributed by atoms with E-state index in [0.29, 0.717) is 0 Å². The number of fused-ring (bicyclic) bond motifs is 2. The number of hydrogen-bond donors (Lipinski definition) is 1. The molecule has 0 aromatic rings. The molecule has 2 heterocycles. The lowest BCUT2D eigenvalue weighted by molar-refractivity contribution is -0.173. The van der Waals surface area contributed by atoms with Gasteiger partial charge < -0.3 is 14.6 Å². The van der Waals surface area contributed by atoms with E-state index in [4.69, 9.17) is 15.0 Å². The molecular formula is C7H8F3N3O6S. The van der Waals surface area contributed by atoms with Gasteiger partial charge in [0.05, 0.1) is 12.7 Å². The second-order valence-electron chi connectivity index (χ2n) is 4.02. The number of aliphatic hydroxyl groups is 1. The molecule has 9 nitrogen and oxygen atoms in total. The van der Waals surface area contributed by atoms with Crippen molar-refractivity contribution in [2.24, 2.45) is 5.11 Å². The average Bonchev–Trinajstić information content (AvgIpc) is 2.75. The van der Waals surface area contributed by atoms with Crippen LogP contribution in [0.25, 0.3) is 10.4 Å². The summed E-state index contributed by atoms with van der Waals surface area (Å²) in [7, 11) is -5.92. The number of alkyl halides is 3. The molecule has 0 radical (unpaired) electrons. The summed E-state index contributed by atoms with van der Waals surface area (Å²) in [5.74, 6) is 0. The molecule has 20 heavy (non-hydrogen) atoms. The van der Waals surface area contributed by atoms with Crippen molar-refractivity contribution in [2.45, 2.75) is 36.2 Å². The predicted molar refractivity (Wildman–Crippen MR) is 53.4 cm³/mol. The minimum Gasteiger partial charge on any atom is -0.390 e. The van der Waals surface area contributed by atoms with Gasteiger partial charge in [-0.3, -0.25) is 4.18 Å². The molecule has 2 rings (SSSR count). The van der Waals surface area contributed by atoms with Crippen molar-refractivity contribution in [3.63, 3.8) is 0 Å². The second kappa shape index (κ2) is 5.02. The molecule has 0 amide bonds. The Morgan fingerprint density at radius 3 is 2.65 bits per heavy atom. The first kappa shape index (κ1) is 15.3. The Hall–Kier alpha value is -1.11. The Kier molecular flexibility index (Phi) is 3.83. The van der Waals surface area contributed by atoms with Crippen molar-refractivity contribution < 1.29 is 40.4 Å². The fourth-order valence-corrected chi connectivity index (χ4v) is 2.51. The smallest absolute Gasteiger partial charge is 0.390 e. The van der Waals surface area contributed by atoms with Crippen LogP contribution in [-0.2, 0) is 23.8 Å². The van der Waals surface area contributed by atoms with Gasteiger partial charge in [0.1, 0.15) is 18.2 Å². The Bertz CT molecular complexity index is 532. The molecule has 2 aliphatic heterocycles. The highest BCUT2D eigenvalue weighted by Crippen LogP contribution is 2.35. The lowest BCUT2D eigenvalue weighted by Crippen LogP contribution is -2.55. The van der Waals surface area contributed by atoms with Crippen LogP contribution in [0.5, 0.6) is 0 Å². The maximum Gasteiger partial charge on any atom is 0.523 e. The summed E-state index contributed by atoms with van der Waals surface area (Å²) < 4.78 is 72.6. The normalized spacial score (nSPS) is 37.5. The number of hydrogen-bond acceptors (Lipinski definition) is 7. The van der Waals surface area contributed by atoms with Crippen LogP contribution in [0.3, 0.4) is 0 Å². The van der Waals surface area contributed by atoms with Crippen molar-refractivity contribution in [1.82, 2.24) is 0 Å². The minimum absolute atomic E-state index is 0.294. The van der Waals surface area contributed by atoms with E-state index < -0.39 is 46.3 Å². The molecule has 0 unspecified atom stereocenters. The van der Waals surface area contributed by atoms with Gasteiger partial charge in [0.2, 0.25) is 0 Å². The van der Waals surface area contributed by atoms with Gasteiger partial charge in [0, 0.05) is 4.91 Å². The second-order valence-corrected chi connectivity index (χ2v) is 5.59. The molecule has 2 aliphatic rings. The summed E-state index contributed by atoms with van der Waals surface area (Å²) in [5.41, 5.74) is 2.67. The van der Waals surface area contributed by atoms with Gasteiger partial charge in [-0.05, 0) is 5.53 Å². The Labute approximate surface area is 110 Å². The van der Waals surface area contributed by atoms with Crippen LogP contribution < -0.4 is 0 Å². The van der Waals surface area contributed by atoms with E-state index in [1.807, 2.05) is 0 Å². The largest absolute Gasteiger partial charge is 0.523 e. The van der Waals surface area contributed by atoms with E-state index in [1.54, 1.807) is 0 Å². The van der Waals surface area contributed by atoms with Crippen LogP contribution in [0.4, 0.5) is 13.2 Å². The summed E-state index contributed by atoms with van der Waals surface area (Å²) in [4.78, 5) is 2.38. The van der Waals surface area contributed by atoms with E-state index in [1.165, 1.54) is 0 Å². The highest BCUT2D eigenvalue weighted by Gasteiger charge is 2.56. The Balaban J connectivity index is 2.25. The molecule has 0 aliphatic carbocycles. The quantitative estimate of drug-likeness (QED) is 0.256. The van der Waals surface area contributed by atoms with Crippen LogP contribution in [0.15, 0.2) is 5.11 Å². The molecule has 13 heteroatoms. The van der Waals surface area contributed by atoms with E-state index in [-0.39, 0.29) is 6.61 Å². The molecule has 0 aromatic heterocycles. The monoisotopic (exact) mass is 319 g/mol. The number of halogens is 3. The van der Waals surface area contributed by atoms with Gasteiger partial charge in [-0.15, -0.1) is 0 Å². The van der Waals surface area contributed by atoms with Gasteiger partial charge in [-0.1, -0.05) is 5.11 Å². The van der Waals surface area contributed by atoms with Crippen LogP contribution in [-0.4, -0.2) is 56.3 Å². The molecule has 1 N–H and O–H groups in total. The highest BCUT2D eigenvalue weighted by molar-refractivity contribution is 7.87. The molecule has 0 saturated carbocycles. The first-order valence-electron chi connectivity index (χ1n) is 5.16. The van der Waals surface area contributed by atoms with E-state index >= 15 is 0 Å². The van der Waals surface area contributed by atoms with Crippen molar-refractivity contribution in [3.05, 3.63) is 10.4 Å². The lowest BCUT2D eigenvalue weighted by atomic mass is 10.00. The highest BCUT2D eigenvalue weighted by atomic mass is 32.2. The molecule has 2 bridgehead atoms. The van der Waals surface area contributed by atoms with Gasteiger partial charge in [0.25, 0.3) is 0 Å².